The fourth-order valence-electron chi connectivity index (χ4n) is 1.67. The Bertz CT molecular complexity index is 546. The molecule has 0 aliphatic heterocycles. The average Bonchev–Trinajstić information content (AvgIpc) is 2.78. The van der Waals surface area contributed by atoms with E-state index < -0.39 is 5.97 Å². The number of aromatic nitrogens is 1. The molecular weight excluding hydrogens is 248 g/mol. The number of hydrogen-bond donors (Lipinski definition) is 1. The van der Waals surface area contributed by atoms with Gasteiger partial charge in [0.1, 0.15) is 11.6 Å². The van der Waals surface area contributed by atoms with Crippen molar-refractivity contribution in [1.82, 2.24) is 4.98 Å². The maximum atomic E-state index is 10.7. The molecule has 0 atom stereocenters. The van der Waals surface area contributed by atoms with Crippen LogP contribution in [0.5, 0.6) is 0 Å². The second-order valence-electron chi connectivity index (χ2n) is 4.41. The second-order valence-corrected chi connectivity index (χ2v) is 5.26. The van der Waals surface area contributed by atoms with Gasteiger partial charge < -0.3 is 14.8 Å². The van der Waals surface area contributed by atoms with E-state index in [2.05, 4.69) is 19.1 Å². The Labute approximate surface area is 110 Å². The lowest BCUT2D eigenvalue weighted by molar-refractivity contribution is -0.872. The number of benzene rings is 1. The Morgan fingerprint density at radius 2 is 2.00 bits per heavy atom. The standard InChI is InChI=1S/C13H14N2O2S/c1-15(2)7-9-3-5-10(6-4-9)12-14-11(8-18-12)13(16)17/h3-6,8H,7H2,1-2H3,(H,16,17). The van der Waals surface area contributed by atoms with E-state index >= 15 is 0 Å². The molecule has 2 rings (SSSR count). The zero-order valence-corrected chi connectivity index (χ0v) is 11.1. The van der Waals surface area contributed by atoms with Crippen molar-refractivity contribution in [2.75, 3.05) is 14.1 Å². The topological polar surface area (TPSA) is 57.5 Å². The van der Waals surface area contributed by atoms with E-state index in [-0.39, 0.29) is 5.69 Å². The molecule has 0 bridgehead atoms. The molecule has 0 spiro atoms. The number of carboxylic acids is 1. The van der Waals surface area contributed by atoms with E-state index in [1.165, 1.54) is 27.2 Å². The van der Waals surface area contributed by atoms with E-state index in [1.807, 2.05) is 24.3 Å². The van der Waals surface area contributed by atoms with Crippen molar-refractivity contribution >= 4 is 17.3 Å². The highest BCUT2D eigenvalue weighted by Gasteiger charge is 2.06. The van der Waals surface area contributed by atoms with Gasteiger partial charge >= 0.3 is 0 Å². The van der Waals surface area contributed by atoms with Gasteiger partial charge in [0.15, 0.2) is 0 Å². The molecule has 4 nitrogen and oxygen atoms in total. The van der Waals surface area contributed by atoms with E-state index in [0.717, 1.165) is 12.1 Å². The van der Waals surface area contributed by atoms with Crippen molar-refractivity contribution in [2.24, 2.45) is 0 Å². The first-order valence-corrected chi connectivity index (χ1v) is 6.49. The summed E-state index contributed by atoms with van der Waals surface area (Å²) in [6.07, 6.45) is 0. The number of carbonyl (C=O) groups excluding carboxylic acids is 1. The van der Waals surface area contributed by atoms with E-state index in [9.17, 15) is 9.90 Å². The number of rotatable bonds is 4. The van der Waals surface area contributed by atoms with Crippen LogP contribution in [0.4, 0.5) is 0 Å². The lowest BCUT2D eigenvalue weighted by atomic mass is 10.1. The summed E-state index contributed by atoms with van der Waals surface area (Å²) in [5, 5.41) is 12.9. The summed E-state index contributed by atoms with van der Waals surface area (Å²) in [6, 6.07) is 8.02. The Kier molecular flexibility index (Phi) is 3.74. The van der Waals surface area contributed by atoms with Crippen LogP contribution in [0, 0.1) is 0 Å². The van der Waals surface area contributed by atoms with Crippen LogP contribution in [-0.4, -0.2) is 25.0 Å². The van der Waals surface area contributed by atoms with Gasteiger partial charge in [-0.2, -0.15) is 0 Å². The first-order chi connectivity index (χ1) is 8.56. The third-order valence-corrected chi connectivity index (χ3v) is 3.36. The predicted molar refractivity (Wildman–Crippen MR) is 68.4 cm³/mol. The van der Waals surface area contributed by atoms with Gasteiger partial charge in [-0.25, -0.2) is 4.98 Å². The molecule has 0 amide bonds. The fourth-order valence-corrected chi connectivity index (χ4v) is 2.47. The molecule has 0 unspecified atom stereocenters. The summed E-state index contributed by atoms with van der Waals surface area (Å²) in [7, 11) is 4.20. The van der Waals surface area contributed by atoms with Crippen molar-refractivity contribution in [3.05, 3.63) is 40.9 Å². The highest BCUT2D eigenvalue weighted by molar-refractivity contribution is 7.13. The highest BCUT2D eigenvalue weighted by atomic mass is 32.1. The van der Waals surface area contributed by atoms with Gasteiger partial charge in [0, 0.05) is 16.5 Å². The molecule has 0 fully saturated rings. The Morgan fingerprint density at radius 3 is 2.50 bits per heavy atom. The minimum absolute atomic E-state index is 0.00295. The molecule has 1 N–H and O–H groups in total. The third kappa shape index (κ3) is 2.94. The van der Waals surface area contributed by atoms with Crippen LogP contribution in [0.3, 0.4) is 0 Å². The van der Waals surface area contributed by atoms with E-state index in [0.29, 0.717) is 5.01 Å². The molecule has 18 heavy (non-hydrogen) atoms. The zero-order chi connectivity index (χ0) is 13.1. The summed E-state index contributed by atoms with van der Waals surface area (Å²) >= 11 is 1.31. The lowest BCUT2D eigenvalue weighted by Gasteiger charge is -2.07. The fraction of sp³-hybridized carbons (Fsp3) is 0.231. The number of nitrogens with one attached hydrogen (secondary N) is 1. The van der Waals surface area contributed by atoms with Gasteiger partial charge in [-0.3, -0.25) is 0 Å². The normalized spacial score (nSPS) is 10.8. The monoisotopic (exact) mass is 262 g/mol. The van der Waals surface area contributed by atoms with Crippen LogP contribution >= 0.6 is 11.3 Å². The van der Waals surface area contributed by atoms with Crippen molar-refractivity contribution < 1.29 is 14.8 Å². The van der Waals surface area contributed by atoms with E-state index in [1.54, 1.807) is 0 Å². The Balaban J connectivity index is 2.20. The maximum Gasteiger partial charge on any atom is 0.124 e. The molecule has 0 aliphatic rings. The largest absolute Gasteiger partial charge is 0.543 e. The van der Waals surface area contributed by atoms with Crippen molar-refractivity contribution in [1.29, 1.82) is 0 Å². The Hall–Kier alpha value is -1.72. The number of carbonyl (C=O) groups is 1. The minimum atomic E-state index is -1.23. The van der Waals surface area contributed by atoms with Crippen molar-refractivity contribution in [3.8, 4) is 10.6 Å². The number of thiazole rings is 1. The number of quaternary nitrogens is 1. The SMILES string of the molecule is C[NH+](C)Cc1ccc(-c2nc(C(=O)[O-])cs2)cc1. The quantitative estimate of drug-likeness (QED) is 0.831. The zero-order valence-electron chi connectivity index (χ0n) is 10.3. The van der Waals surface area contributed by atoms with Gasteiger partial charge in [0.2, 0.25) is 0 Å². The van der Waals surface area contributed by atoms with Gasteiger partial charge in [0.25, 0.3) is 0 Å². The first-order valence-electron chi connectivity index (χ1n) is 5.61. The molecule has 5 heteroatoms. The minimum Gasteiger partial charge on any atom is -0.543 e. The number of carboxylic acid groups (broad SMARTS) is 1. The van der Waals surface area contributed by atoms with Crippen molar-refractivity contribution in [2.45, 2.75) is 6.54 Å². The van der Waals surface area contributed by atoms with Crippen molar-refractivity contribution in [3.63, 3.8) is 0 Å². The Morgan fingerprint density at radius 1 is 1.33 bits per heavy atom. The van der Waals surface area contributed by atoms with Crippen LogP contribution in [0.2, 0.25) is 0 Å². The number of aromatic carboxylic acids is 1. The highest BCUT2D eigenvalue weighted by Crippen LogP contribution is 2.23. The average molecular weight is 262 g/mol. The molecule has 94 valence electrons. The molecule has 0 saturated heterocycles. The number of nitrogens with zero attached hydrogens (tertiary/aromatic N) is 1. The summed E-state index contributed by atoms with van der Waals surface area (Å²) in [4.78, 5) is 16.0. The van der Waals surface area contributed by atoms with Gasteiger partial charge in [-0.15, -0.1) is 11.3 Å². The summed E-state index contributed by atoms with van der Waals surface area (Å²) < 4.78 is 0. The van der Waals surface area contributed by atoms with Gasteiger partial charge in [-0.05, 0) is 0 Å². The molecule has 0 aliphatic carbocycles. The molecule has 2 aromatic rings. The van der Waals surface area contributed by atoms with Crippen LogP contribution in [0.1, 0.15) is 16.1 Å². The van der Waals surface area contributed by atoms with Gasteiger partial charge in [-0.1, -0.05) is 24.3 Å². The summed E-state index contributed by atoms with van der Waals surface area (Å²) in [6.45, 7) is 0.961. The van der Waals surface area contributed by atoms with Crippen LogP contribution in [-0.2, 0) is 6.54 Å². The molecule has 1 aromatic heterocycles. The predicted octanol–water partition coefficient (Wildman–Crippen LogP) is -0.182. The second kappa shape index (κ2) is 5.29. The smallest absolute Gasteiger partial charge is 0.124 e. The third-order valence-electron chi connectivity index (χ3n) is 2.47. The first kappa shape index (κ1) is 12.7. The van der Waals surface area contributed by atoms with Gasteiger partial charge in [0.05, 0.1) is 25.8 Å². The lowest BCUT2D eigenvalue weighted by Crippen LogP contribution is -3.04. The summed E-state index contributed by atoms with van der Waals surface area (Å²) in [5.74, 6) is -1.23. The van der Waals surface area contributed by atoms with Crippen LogP contribution in [0.15, 0.2) is 29.6 Å². The summed E-state index contributed by atoms with van der Waals surface area (Å²) in [5.41, 5.74) is 2.18. The molecule has 1 heterocycles. The molecule has 1 aromatic carbocycles. The molecule has 0 radical (unpaired) electrons. The molecule has 0 saturated carbocycles. The van der Waals surface area contributed by atoms with Crippen LogP contribution < -0.4 is 10.0 Å². The number of hydrogen-bond acceptors (Lipinski definition) is 4. The maximum absolute atomic E-state index is 10.7. The van der Waals surface area contributed by atoms with Crippen LogP contribution in [0.25, 0.3) is 10.6 Å². The molecular formula is C13H14N2O2S. The van der Waals surface area contributed by atoms with E-state index in [4.69, 9.17) is 0 Å².